The molecule has 1 aromatic heterocycles. The van der Waals surface area contributed by atoms with Crippen molar-refractivity contribution in [1.82, 2.24) is 9.97 Å². The molecule has 2 rings (SSSR count). The molecule has 0 saturated heterocycles. The number of halogens is 1. The number of Topliss-reactive ketones (excluding diaryl/α,β-unsaturated/α-hetero) is 1. The van der Waals surface area contributed by atoms with E-state index in [4.69, 9.17) is 0 Å². The summed E-state index contributed by atoms with van der Waals surface area (Å²) < 4.78 is 13.2. The van der Waals surface area contributed by atoms with E-state index in [2.05, 4.69) is 9.97 Å². The van der Waals surface area contributed by atoms with Gasteiger partial charge in [-0.25, -0.2) is 9.37 Å². The highest BCUT2D eigenvalue weighted by molar-refractivity contribution is 5.80. The first-order chi connectivity index (χ1) is 6.66. The van der Waals surface area contributed by atoms with Crippen molar-refractivity contribution < 1.29 is 9.18 Å². The molecule has 0 atom stereocenters. The molecule has 0 amide bonds. The molecular formula is C10H9FN2O. The first-order valence-electron chi connectivity index (χ1n) is 4.29. The molecule has 0 aliphatic heterocycles. The monoisotopic (exact) mass is 192 g/mol. The standard InChI is InChI=1S/C10H9FN2O/c1-6(14)5-9-12-8-4-2-3-7(11)10(8)13-9/h2-4H,5H2,1H3,(H,12,13). The molecule has 0 unspecified atom stereocenters. The van der Waals surface area contributed by atoms with E-state index in [1.54, 1.807) is 12.1 Å². The van der Waals surface area contributed by atoms with Crippen LogP contribution < -0.4 is 0 Å². The Hall–Kier alpha value is -1.71. The molecule has 1 N–H and O–H groups in total. The molecule has 1 aromatic carbocycles. The van der Waals surface area contributed by atoms with E-state index >= 15 is 0 Å². The third kappa shape index (κ3) is 1.51. The lowest BCUT2D eigenvalue weighted by molar-refractivity contribution is -0.116. The lowest BCUT2D eigenvalue weighted by atomic mass is 10.3. The Morgan fingerprint density at radius 3 is 3.00 bits per heavy atom. The van der Waals surface area contributed by atoms with Crippen molar-refractivity contribution in [2.75, 3.05) is 0 Å². The number of benzene rings is 1. The van der Waals surface area contributed by atoms with Gasteiger partial charge in [-0.2, -0.15) is 0 Å². The van der Waals surface area contributed by atoms with E-state index < -0.39 is 0 Å². The second kappa shape index (κ2) is 3.21. The van der Waals surface area contributed by atoms with E-state index in [1.165, 1.54) is 13.0 Å². The third-order valence-corrected chi connectivity index (χ3v) is 1.93. The highest BCUT2D eigenvalue weighted by atomic mass is 19.1. The van der Waals surface area contributed by atoms with Gasteiger partial charge in [0.1, 0.15) is 17.1 Å². The number of para-hydroxylation sites is 1. The molecule has 0 spiro atoms. The highest BCUT2D eigenvalue weighted by Gasteiger charge is 2.07. The van der Waals surface area contributed by atoms with Gasteiger partial charge in [-0.3, -0.25) is 4.79 Å². The first-order valence-corrected chi connectivity index (χ1v) is 4.29. The van der Waals surface area contributed by atoms with Crippen molar-refractivity contribution in [1.29, 1.82) is 0 Å². The SMILES string of the molecule is CC(=O)Cc1nc2c(F)cccc2[nH]1. The molecule has 2 aromatic rings. The number of imidazole rings is 1. The maximum atomic E-state index is 13.2. The Balaban J connectivity index is 2.51. The normalized spacial score (nSPS) is 10.7. The zero-order valence-electron chi connectivity index (χ0n) is 7.67. The Bertz CT molecular complexity index is 490. The summed E-state index contributed by atoms with van der Waals surface area (Å²) in [5.41, 5.74) is 0.921. The van der Waals surface area contributed by atoms with Crippen LogP contribution in [0.25, 0.3) is 11.0 Å². The summed E-state index contributed by atoms with van der Waals surface area (Å²) in [7, 11) is 0. The second-order valence-corrected chi connectivity index (χ2v) is 3.20. The maximum Gasteiger partial charge on any atom is 0.151 e. The lowest BCUT2D eigenvalue weighted by Gasteiger charge is -1.87. The minimum Gasteiger partial charge on any atom is -0.342 e. The maximum absolute atomic E-state index is 13.2. The van der Waals surface area contributed by atoms with Crippen molar-refractivity contribution in [3.63, 3.8) is 0 Å². The molecule has 4 heteroatoms. The first kappa shape index (κ1) is 8.87. The fourth-order valence-corrected chi connectivity index (χ4v) is 1.37. The van der Waals surface area contributed by atoms with Crippen LogP contribution in [0.4, 0.5) is 4.39 Å². The Morgan fingerprint density at radius 2 is 2.36 bits per heavy atom. The van der Waals surface area contributed by atoms with Crippen LogP contribution >= 0.6 is 0 Å². The van der Waals surface area contributed by atoms with Crippen LogP contribution in [0.3, 0.4) is 0 Å². The third-order valence-electron chi connectivity index (χ3n) is 1.93. The topological polar surface area (TPSA) is 45.8 Å². The van der Waals surface area contributed by atoms with Crippen molar-refractivity contribution in [3.8, 4) is 0 Å². The van der Waals surface area contributed by atoms with E-state index in [9.17, 15) is 9.18 Å². The lowest BCUT2D eigenvalue weighted by Crippen LogP contribution is -1.97. The second-order valence-electron chi connectivity index (χ2n) is 3.20. The van der Waals surface area contributed by atoms with E-state index in [1.807, 2.05) is 0 Å². The number of H-pyrrole nitrogens is 1. The number of hydrogen-bond donors (Lipinski definition) is 1. The summed E-state index contributed by atoms with van der Waals surface area (Å²) in [5.74, 6) is 0.149. The van der Waals surface area contributed by atoms with Crippen molar-refractivity contribution in [2.24, 2.45) is 0 Å². The van der Waals surface area contributed by atoms with Crippen LogP contribution in [0.1, 0.15) is 12.7 Å². The van der Waals surface area contributed by atoms with Crippen LogP contribution in [-0.4, -0.2) is 15.8 Å². The number of nitrogens with one attached hydrogen (secondary N) is 1. The predicted octanol–water partition coefficient (Wildman–Crippen LogP) is 1.83. The summed E-state index contributed by atoms with van der Waals surface area (Å²) >= 11 is 0. The summed E-state index contributed by atoms with van der Waals surface area (Å²) in [6, 6.07) is 4.68. The van der Waals surface area contributed by atoms with Gasteiger partial charge in [0.25, 0.3) is 0 Å². The number of rotatable bonds is 2. The zero-order valence-corrected chi connectivity index (χ0v) is 7.67. The number of aromatic amines is 1. The minimum atomic E-state index is -0.367. The van der Waals surface area contributed by atoms with Crippen LogP contribution in [0.2, 0.25) is 0 Å². The summed E-state index contributed by atoms with van der Waals surface area (Å²) in [6.07, 6.45) is 0.216. The summed E-state index contributed by atoms with van der Waals surface area (Å²) in [4.78, 5) is 17.7. The Kier molecular flexibility index (Phi) is 2.04. The van der Waals surface area contributed by atoms with E-state index in [0.29, 0.717) is 16.9 Å². The van der Waals surface area contributed by atoms with Gasteiger partial charge in [-0.15, -0.1) is 0 Å². The number of ketones is 1. The molecule has 0 saturated carbocycles. The average molecular weight is 192 g/mol. The number of aromatic nitrogens is 2. The van der Waals surface area contributed by atoms with Gasteiger partial charge in [0.05, 0.1) is 11.9 Å². The molecule has 72 valence electrons. The van der Waals surface area contributed by atoms with Gasteiger partial charge in [-0.05, 0) is 19.1 Å². The molecule has 0 aliphatic carbocycles. The van der Waals surface area contributed by atoms with Gasteiger partial charge in [0.2, 0.25) is 0 Å². The molecule has 0 fully saturated rings. The van der Waals surface area contributed by atoms with Gasteiger partial charge in [0, 0.05) is 0 Å². The molecule has 1 heterocycles. The largest absolute Gasteiger partial charge is 0.342 e. The van der Waals surface area contributed by atoms with Crippen LogP contribution in [0.15, 0.2) is 18.2 Å². The van der Waals surface area contributed by atoms with Crippen molar-refractivity contribution in [2.45, 2.75) is 13.3 Å². The number of carbonyl (C=O) groups excluding carboxylic acids is 1. The van der Waals surface area contributed by atoms with Crippen LogP contribution in [0, 0.1) is 5.82 Å². The number of fused-ring (bicyclic) bond motifs is 1. The van der Waals surface area contributed by atoms with E-state index in [-0.39, 0.29) is 18.0 Å². The highest BCUT2D eigenvalue weighted by Crippen LogP contribution is 2.14. The van der Waals surface area contributed by atoms with Gasteiger partial charge >= 0.3 is 0 Å². The van der Waals surface area contributed by atoms with Gasteiger partial charge < -0.3 is 4.98 Å². The van der Waals surface area contributed by atoms with Crippen molar-refractivity contribution >= 4 is 16.8 Å². The molecule has 0 aliphatic rings. The average Bonchev–Trinajstić information content (AvgIpc) is 2.47. The zero-order chi connectivity index (χ0) is 10.1. The van der Waals surface area contributed by atoms with Gasteiger partial charge in [-0.1, -0.05) is 6.07 Å². The van der Waals surface area contributed by atoms with Crippen LogP contribution in [-0.2, 0) is 11.2 Å². The Labute approximate surface area is 80.0 Å². The van der Waals surface area contributed by atoms with E-state index in [0.717, 1.165) is 0 Å². The quantitative estimate of drug-likeness (QED) is 0.789. The smallest absolute Gasteiger partial charge is 0.151 e. The fourth-order valence-electron chi connectivity index (χ4n) is 1.37. The number of hydrogen-bond acceptors (Lipinski definition) is 2. The molecular weight excluding hydrogens is 183 g/mol. The summed E-state index contributed by atoms with van der Waals surface area (Å²) in [6.45, 7) is 1.48. The van der Waals surface area contributed by atoms with Gasteiger partial charge in [0.15, 0.2) is 5.82 Å². The fraction of sp³-hybridized carbons (Fsp3) is 0.200. The van der Waals surface area contributed by atoms with Crippen LogP contribution in [0.5, 0.6) is 0 Å². The predicted molar refractivity (Wildman–Crippen MR) is 50.4 cm³/mol. The minimum absolute atomic E-state index is 0.00413. The number of nitrogens with zero attached hydrogens (tertiary/aromatic N) is 1. The molecule has 0 radical (unpaired) electrons. The molecule has 3 nitrogen and oxygen atoms in total. The van der Waals surface area contributed by atoms with Crippen molar-refractivity contribution in [3.05, 3.63) is 29.8 Å². The number of carbonyl (C=O) groups is 1. The Morgan fingerprint density at radius 1 is 1.57 bits per heavy atom. The molecule has 14 heavy (non-hydrogen) atoms. The summed E-state index contributed by atoms with van der Waals surface area (Å²) in [5, 5.41) is 0. The molecule has 0 bridgehead atoms.